The van der Waals surface area contributed by atoms with E-state index in [9.17, 15) is 0 Å². The van der Waals surface area contributed by atoms with Crippen molar-refractivity contribution in [3.63, 3.8) is 0 Å². The van der Waals surface area contributed by atoms with Gasteiger partial charge in [0.1, 0.15) is 0 Å². The number of hydrogen-bond acceptors (Lipinski definition) is 3. The van der Waals surface area contributed by atoms with E-state index in [-0.39, 0.29) is 0 Å². The van der Waals surface area contributed by atoms with E-state index in [1.165, 1.54) is 6.54 Å². The van der Waals surface area contributed by atoms with Crippen molar-refractivity contribution in [3.05, 3.63) is 0 Å². The van der Waals surface area contributed by atoms with Gasteiger partial charge in [-0.15, -0.1) is 0 Å². The van der Waals surface area contributed by atoms with Crippen LogP contribution in [0.5, 0.6) is 0 Å². The molecule has 2 N–H and O–H groups in total. The highest BCUT2D eigenvalue weighted by molar-refractivity contribution is 4.66. The number of nitrogens with one attached hydrogen (secondary N) is 2. The number of nitrogens with zero attached hydrogens (tertiary/aromatic N) is 1. The van der Waals surface area contributed by atoms with Crippen molar-refractivity contribution in [3.8, 4) is 0 Å². The molecule has 0 amide bonds. The molecule has 0 saturated heterocycles. The van der Waals surface area contributed by atoms with Gasteiger partial charge in [-0.2, -0.15) is 0 Å². The molecule has 0 saturated carbocycles. The summed E-state index contributed by atoms with van der Waals surface area (Å²) < 4.78 is 0. The van der Waals surface area contributed by atoms with Crippen LogP contribution in [0.2, 0.25) is 0 Å². The van der Waals surface area contributed by atoms with Crippen LogP contribution in [0, 0.1) is 5.92 Å². The van der Waals surface area contributed by atoms with Gasteiger partial charge in [-0.25, -0.2) is 0 Å². The molecule has 0 aliphatic heterocycles. The highest BCUT2D eigenvalue weighted by Gasteiger charge is 2.09. The second kappa shape index (κ2) is 9.13. The number of likely N-dealkylation sites (N-methyl/N-ethyl adjacent to an activating group) is 1. The van der Waals surface area contributed by atoms with E-state index in [1.54, 1.807) is 0 Å². The van der Waals surface area contributed by atoms with Crippen molar-refractivity contribution in [2.75, 3.05) is 39.8 Å². The van der Waals surface area contributed by atoms with Crippen LogP contribution in [-0.2, 0) is 0 Å². The molecule has 0 unspecified atom stereocenters. The summed E-state index contributed by atoms with van der Waals surface area (Å²) in [6, 6.07) is 0.651. The van der Waals surface area contributed by atoms with Gasteiger partial charge in [-0.1, -0.05) is 13.8 Å². The van der Waals surface area contributed by atoms with Gasteiger partial charge < -0.3 is 10.6 Å². The molecule has 0 spiro atoms. The van der Waals surface area contributed by atoms with Crippen LogP contribution in [0.15, 0.2) is 0 Å². The molecule has 3 heteroatoms. The van der Waals surface area contributed by atoms with Gasteiger partial charge in [0.15, 0.2) is 0 Å². The Balaban J connectivity index is 3.58. The Bertz CT molecular complexity index is 135. The summed E-state index contributed by atoms with van der Waals surface area (Å²) in [5, 5.41) is 6.58. The molecule has 0 aromatic rings. The van der Waals surface area contributed by atoms with Crippen LogP contribution in [0.25, 0.3) is 0 Å². The van der Waals surface area contributed by atoms with E-state index < -0.39 is 0 Å². The Labute approximate surface area is 95.6 Å². The molecular weight excluding hydrogens is 186 g/mol. The summed E-state index contributed by atoms with van der Waals surface area (Å²) in [5.74, 6) is 0.754. The molecule has 0 aliphatic carbocycles. The maximum Gasteiger partial charge on any atom is 0.0110 e. The maximum absolute atomic E-state index is 3.44. The highest BCUT2D eigenvalue weighted by Crippen LogP contribution is 2.02. The third kappa shape index (κ3) is 8.85. The molecule has 0 rings (SSSR count). The minimum absolute atomic E-state index is 0.651. The average Bonchev–Trinajstić information content (AvgIpc) is 2.15. The number of hydrogen-bond donors (Lipinski definition) is 2. The summed E-state index contributed by atoms with van der Waals surface area (Å²) in [6.45, 7) is 14.7. The van der Waals surface area contributed by atoms with Gasteiger partial charge in [0.05, 0.1) is 0 Å². The Kier molecular flexibility index (Phi) is 9.06. The van der Waals surface area contributed by atoms with E-state index in [0.717, 1.165) is 32.1 Å². The molecule has 0 bridgehead atoms. The van der Waals surface area contributed by atoms with Crippen LogP contribution in [0.4, 0.5) is 0 Å². The molecule has 15 heavy (non-hydrogen) atoms. The molecule has 0 atom stereocenters. The monoisotopic (exact) mass is 215 g/mol. The maximum atomic E-state index is 3.44. The van der Waals surface area contributed by atoms with Crippen molar-refractivity contribution in [1.82, 2.24) is 15.5 Å². The largest absolute Gasteiger partial charge is 0.318 e. The van der Waals surface area contributed by atoms with Gasteiger partial charge in [0.2, 0.25) is 0 Å². The lowest BCUT2D eigenvalue weighted by Gasteiger charge is -2.28. The van der Waals surface area contributed by atoms with Gasteiger partial charge in [-0.05, 0) is 26.8 Å². The topological polar surface area (TPSA) is 27.3 Å². The molecule has 0 aromatic carbocycles. The first-order chi connectivity index (χ1) is 7.07. The third-order valence-electron chi connectivity index (χ3n) is 2.46. The fourth-order valence-electron chi connectivity index (χ4n) is 1.59. The molecule has 0 radical (unpaired) electrons. The minimum atomic E-state index is 0.651. The zero-order valence-corrected chi connectivity index (χ0v) is 11.1. The molecular formula is C12H29N3. The predicted octanol–water partition coefficient (Wildman–Crippen LogP) is 1.16. The predicted molar refractivity (Wildman–Crippen MR) is 68.3 cm³/mol. The van der Waals surface area contributed by atoms with E-state index in [4.69, 9.17) is 0 Å². The van der Waals surface area contributed by atoms with E-state index in [2.05, 4.69) is 43.2 Å². The normalized spacial score (nSPS) is 12.0. The molecule has 0 fully saturated rings. The first-order valence-electron chi connectivity index (χ1n) is 6.17. The second-order valence-corrected chi connectivity index (χ2v) is 4.84. The van der Waals surface area contributed by atoms with Crippen molar-refractivity contribution < 1.29 is 0 Å². The quantitative estimate of drug-likeness (QED) is 0.565. The Morgan fingerprint density at radius 3 is 2.13 bits per heavy atom. The zero-order chi connectivity index (χ0) is 11.7. The van der Waals surface area contributed by atoms with Gasteiger partial charge >= 0.3 is 0 Å². The van der Waals surface area contributed by atoms with E-state index in [1.807, 2.05) is 7.05 Å². The van der Waals surface area contributed by atoms with Crippen LogP contribution in [-0.4, -0.2) is 50.7 Å². The summed E-state index contributed by atoms with van der Waals surface area (Å²) in [5.41, 5.74) is 0. The average molecular weight is 215 g/mol. The molecule has 0 aliphatic rings. The van der Waals surface area contributed by atoms with Crippen molar-refractivity contribution >= 4 is 0 Å². The summed E-state index contributed by atoms with van der Waals surface area (Å²) in [7, 11) is 1.99. The second-order valence-electron chi connectivity index (χ2n) is 4.84. The fourth-order valence-corrected chi connectivity index (χ4v) is 1.59. The smallest absolute Gasteiger partial charge is 0.0110 e. The lowest BCUT2D eigenvalue weighted by atomic mass is 10.2. The standard InChI is InChI=1S/C12H29N3/c1-11(2)10-15(12(3)4)9-8-14-7-6-13-5/h11-14H,6-10H2,1-5H3. The van der Waals surface area contributed by atoms with Crippen molar-refractivity contribution in [1.29, 1.82) is 0 Å². The Morgan fingerprint density at radius 2 is 1.67 bits per heavy atom. The van der Waals surface area contributed by atoms with Crippen LogP contribution in [0.3, 0.4) is 0 Å². The summed E-state index contributed by atoms with van der Waals surface area (Å²) >= 11 is 0. The molecule has 92 valence electrons. The van der Waals surface area contributed by atoms with Gasteiger partial charge in [0, 0.05) is 38.8 Å². The molecule has 0 heterocycles. The SMILES string of the molecule is CNCCNCCN(CC(C)C)C(C)C. The molecule has 3 nitrogen and oxygen atoms in total. The Morgan fingerprint density at radius 1 is 1.00 bits per heavy atom. The van der Waals surface area contributed by atoms with Crippen LogP contribution < -0.4 is 10.6 Å². The summed E-state index contributed by atoms with van der Waals surface area (Å²) in [4.78, 5) is 2.54. The first-order valence-corrected chi connectivity index (χ1v) is 6.17. The first kappa shape index (κ1) is 14.9. The van der Waals surface area contributed by atoms with E-state index in [0.29, 0.717) is 6.04 Å². The minimum Gasteiger partial charge on any atom is -0.318 e. The summed E-state index contributed by atoms with van der Waals surface area (Å²) in [6.07, 6.45) is 0. The Hall–Kier alpha value is -0.120. The van der Waals surface area contributed by atoms with Crippen LogP contribution >= 0.6 is 0 Å². The molecule has 0 aromatic heterocycles. The van der Waals surface area contributed by atoms with Crippen molar-refractivity contribution in [2.24, 2.45) is 5.92 Å². The third-order valence-corrected chi connectivity index (χ3v) is 2.46. The fraction of sp³-hybridized carbons (Fsp3) is 1.00. The van der Waals surface area contributed by atoms with Crippen LogP contribution in [0.1, 0.15) is 27.7 Å². The van der Waals surface area contributed by atoms with E-state index >= 15 is 0 Å². The lowest BCUT2D eigenvalue weighted by Crippen LogP contribution is -2.40. The van der Waals surface area contributed by atoms with Crippen molar-refractivity contribution in [2.45, 2.75) is 33.7 Å². The lowest BCUT2D eigenvalue weighted by molar-refractivity contribution is 0.198. The van der Waals surface area contributed by atoms with Gasteiger partial charge in [0.25, 0.3) is 0 Å². The van der Waals surface area contributed by atoms with Gasteiger partial charge in [-0.3, -0.25) is 4.90 Å². The zero-order valence-electron chi connectivity index (χ0n) is 11.1. The highest BCUT2D eigenvalue weighted by atomic mass is 15.2. The number of rotatable bonds is 9.